The van der Waals surface area contributed by atoms with Crippen molar-refractivity contribution in [1.82, 2.24) is 0 Å². The summed E-state index contributed by atoms with van der Waals surface area (Å²) < 4.78 is 0. The van der Waals surface area contributed by atoms with Gasteiger partial charge in [0, 0.05) is 22.7 Å². The van der Waals surface area contributed by atoms with E-state index in [1.807, 2.05) is 12.1 Å². The minimum absolute atomic E-state index is 0.183. The van der Waals surface area contributed by atoms with Gasteiger partial charge in [0.1, 0.15) is 0 Å². The van der Waals surface area contributed by atoms with Crippen LogP contribution in [0.4, 0.5) is 5.69 Å². The van der Waals surface area contributed by atoms with Crippen molar-refractivity contribution in [2.24, 2.45) is 5.73 Å². The van der Waals surface area contributed by atoms with Gasteiger partial charge in [0.2, 0.25) is 0 Å². The Morgan fingerprint density at radius 1 is 1.20 bits per heavy atom. The van der Waals surface area contributed by atoms with Crippen LogP contribution < -0.4 is 11.1 Å². The number of hydrogen-bond acceptors (Lipinski definition) is 2. The fraction of sp³-hybridized carbons (Fsp3) is 0.0667. The van der Waals surface area contributed by atoms with Gasteiger partial charge in [-0.1, -0.05) is 36.0 Å². The van der Waals surface area contributed by atoms with Crippen molar-refractivity contribution in [2.75, 3.05) is 5.32 Å². The summed E-state index contributed by atoms with van der Waals surface area (Å²) in [4.78, 5) is 12.5. The Bertz CT molecular complexity index is 641. The molecule has 1 amide bonds. The molecule has 102 valence electrons. The van der Waals surface area contributed by atoms with Crippen LogP contribution in [-0.4, -0.2) is 10.9 Å². The van der Waals surface area contributed by atoms with Gasteiger partial charge in [0.25, 0.3) is 5.91 Å². The zero-order chi connectivity index (χ0) is 14.5. The van der Waals surface area contributed by atoms with Crippen LogP contribution in [0.2, 0.25) is 5.02 Å². The summed E-state index contributed by atoms with van der Waals surface area (Å²) >= 11 is 10.7. The SMILES string of the molecule is NC(=S)Cc1cccc(C(=O)Nc2ccc(Cl)cc2)c1. The van der Waals surface area contributed by atoms with Gasteiger partial charge in [-0.25, -0.2) is 0 Å². The first-order chi connectivity index (χ1) is 9.54. The zero-order valence-corrected chi connectivity index (χ0v) is 12.2. The van der Waals surface area contributed by atoms with Crippen molar-refractivity contribution in [2.45, 2.75) is 6.42 Å². The predicted octanol–water partition coefficient (Wildman–Crippen LogP) is 3.42. The van der Waals surface area contributed by atoms with Crippen LogP contribution in [0.5, 0.6) is 0 Å². The van der Waals surface area contributed by atoms with Crippen molar-refractivity contribution >= 4 is 40.4 Å². The summed E-state index contributed by atoms with van der Waals surface area (Å²) in [6.07, 6.45) is 0.484. The molecule has 0 aliphatic carbocycles. The van der Waals surface area contributed by atoms with E-state index in [1.54, 1.807) is 36.4 Å². The molecule has 3 nitrogen and oxygen atoms in total. The number of carbonyl (C=O) groups is 1. The maximum Gasteiger partial charge on any atom is 0.255 e. The van der Waals surface area contributed by atoms with Crippen LogP contribution in [0, 0.1) is 0 Å². The Morgan fingerprint density at radius 2 is 1.90 bits per heavy atom. The van der Waals surface area contributed by atoms with E-state index in [1.165, 1.54) is 0 Å². The van der Waals surface area contributed by atoms with Crippen molar-refractivity contribution in [3.8, 4) is 0 Å². The van der Waals surface area contributed by atoms with E-state index in [9.17, 15) is 4.79 Å². The van der Waals surface area contributed by atoms with Crippen LogP contribution in [0.25, 0.3) is 0 Å². The first-order valence-corrected chi connectivity index (χ1v) is 6.77. The quantitative estimate of drug-likeness (QED) is 0.851. The van der Waals surface area contributed by atoms with E-state index in [0.717, 1.165) is 5.56 Å². The minimum atomic E-state index is -0.183. The number of nitrogens with two attached hydrogens (primary N) is 1. The Balaban J connectivity index is 2.12. The van der Waals surface area contributed by atoms with Gasteiger partial charge in [-0.15, -0.1) is 0 Å². The number of benzene rings is 2. The molecule has 0 atom stereocenters. The molecule has 0 radical (unpaired) electrons. The van der Waals surface area contributed by atoms with Crippen LogP contribution in [0.15, 0.2) is 48.5 Å². The van der Waals surface area contributed by atoms with Gasteiger partial charge in [0.05, 0.1) is 4.99 Å². The molecule has 0 aliphatic rings. The number of rotatable bonds is 4. The molecule has 2 aromatic carbocycles. The molecule has 5 heteroatoms. The highest BCUT2D eigenvalue weighted by Crippen LogP contribution is 2.15. The first-order valence-electron chi connectivity index (χ1n) is 5.99. The van der Waals surface area contributed by atoms with Crippen LogP contribution in [0.1, 0.15) is 15.9 Å². The Labute approximate surface area is 127 Å². The second-order valence-electron chi connectivity index (χ2n) is 4.30. The fourth-order valence-corrected chi connectivity index (χ4v) is 2.05. The number of nitrogens with one attached hydrogen (secondary N) is 1. The third kappa shape index (κ3) is 4.05. The number of anilines is 1. The molecule has 3 N–H and O–H groups in total. The highest BCUT2D eigenvalue weighted by molar-refractivity contribution is 7.80. The topological polar surface area (TPSA) is 55.1 Å². The molecule has 0 unspecified atom stereocenters. The molecule has 2 aromatic rings. The maximum absolute atomic E-state index is 12.1. The maximum atomic E-state index is 12.1. The lowest BCUT2D eigenvalue weighted by Crippen LogP contribution is -2.14. The van der Waals surface area contributed by atoms with E-state index in [2.05, 4.69) is 5.32 Å². The average molecular weight is 305 g/mol. The second kappa shape index (κ2) is 6.50. The largest absolute Gasteiger partial charge is 0.393 e. The molecular weight excluding hydrogens is 292 g/mol. The fourth-order valence-electron chi connectivity index (χ4n) is 1.76. The third-order valence-electron chi connectivity index (χ3n) is 2.67. The van der Waals surface area contributed by atoms with E-state index >= 15 is 0 Å². The predicted molar refractivity (Wildman–Crippen MR) is 86.3 cm³/mol. The molecule has 0 aliphatic heterocycles. The number of amides is 1. The molecular formula is C15H13ClN2OS. The van der Waals surface area contributed by atoms with Gasteiger partial charge < -0.3 is 11.1 Å². The Morgan fingerprint density at radius 3 is 2.55 bits per heavy atom. The lowest BCUT2D eigenvalue weighted by Gasteiger charge is -2.07. The number of halogens is 1. The molecule has 0 aromatic heterocycles. The van der Waals surface area contributed by atoms with Crippen molar-refractivity contribution in [3.05, 3.63) is 64.7 Å². The average Bonchev–Trinajstić information content (AvgIpc) is 2.41. The highest BCUT2D eigenvalue weighted by Gasteiger charge is 2.07. The minimum Gasteiger partial charge on any atom is -0.393 e. The molecule has 0 saturated heterocycles. The third-order valence-corrected chi connectivity index (χ3v) is 3.07. The summed E-state index contributed by atoms with van der Waals surface area (Å²) in [6, 6.07) is 14.2. The molecule has 0 heterocycles. The summed E-state index contributed by atoms with van der Waals surface area (Å²) in [5.74, 6) is -0.183. The molecule has 2 rings (SSSR count). The Kier molecular flexibility index (Phi) is 4.71. The number of hydrogen-bond donors (Lipinski definition) is 2. The van der Waals surface area contributed by atoms with Crippen LogP contribution in [-0.2, 0) is 6.42 Å². The zero-order valence-electron chi connectivity index (χ0n) is 10.6. The molecule has 0 bridgehead atoms. The van der Waals surface area contributed by atoms with Crippen molar-refractivity contribution < 1.29 is 4.79 Å². The molecule has 0 fully saturated rings. The summed E-state index contributed by atoms with van der Waals surface area (Å²) in [6.45, 7) is 0. The molecule has 0 spiro atoms. The van der Waals surface area contributed by atoms with Crippen LogP contribution >= 0.6 is 23.8 Å². The van der Waals surface area contributed by atoms with Gasteiger partial charge in [-0.05, 0) is 42.0 Å². The summed E-state index contributed by atoms with van der Waals surface area (Å²) in [5, 5.41) is 3.43. The standard InChI is InChI=1S/C15H13ClN2OS/c16-12-4-6-13(7-5-12)18-15(19)11-3-1-2-10(8-11)9-14(17)20/h1-8H,9H2,(H2,17,20)(H,18,19). The van der Waals surface area contributed by atoms with Crippen molar-refractivity contribution in [3.63, 3.8) is 0 Å². The van der Waals surface area contributed by atoms with Gasteiger partial charge in [-0.2, -0.15) is 0 Å². The van der Waals surface area contributed by atoms with Crippen molar-refractivity contribution in [1.29, 1.82) is 0 Å². The smallest absolute Gasteiger partial charge is 0.255 e. The van der Waals surface area contributed by atoms with E-state index in [-0.39, 0.29) is 5.91 Å². The lowest BCUT2D eigenvalue weighted by molar-refractivity contribution is 0.102. The second-order valence-corrected chi connectivity index (χ2v) is 5.27. The Hall–Kier alpha value is -1.91. The van der Waals surface area contributed by atoms with Gasteiger partial charge in [-0.3, -0.25) is 4.79 Å². The normalized spacial score (nSPS) is 10.1. The molecule has 20 heavy (non-hydrogen) atoms. The van der Waals surface area contributed by atoms with Gasteiger partial charge >= 0.3 is 0 Å². The monoisotopic (exact) mass is 304 g/mol. The summed E-state index contributed by atoms with van der Waals surface area (Å²) in [7, 11) is 0. The molecule has 0 saturated carbocycles. The van der Waals surface area contributed by atoms with E-state index in [0.29, 0.717) is 27.7 Å². The first kappa shape index (κ1) is 14.5. The van der Waals surface area contributed by atoms with E-state index < -0.39 is 0 Å². The van der Waals surface area contributed by atoms with Crippen LogP contribution in [0.3, 0.4) is 0 Å². The summed E-state index contributed by atoms with van der Waals surface area (Å²) in [5.41, 5.74) is 7.68. The number of carbonyl (C=O) groups excluding carboxylic acids is 1. The van der Waals surface area contributed by atoms with E-state index in [4.69, 9.17) is 29.6 Å². The highest BCUT2D eigenvalue weighted by atomic mass is 35.5. The number of thiocarbonyl (C=S) groups is 1. The van der Waals surface area contributed by atoms with Gasteiger partial charge in [0.15, 0.2) is 0 Å². The lowest BCUT2D eigenvalue weighted by atomic mass is 10.1.